The van der Waals surface area contributed by atoms with Gasteiger partial charge in [0, 0.05) is 12.6 Å². The zero-order valence-corrected chi connectivity index (χ0v) is 12.3. The maximum absolute atomic E-state index is 6.11. The van der Waals surface area contributed by atoms with E-state index >= 15 is 0 Å². The Balaban J connectivity index is 2.61. The SMILES string of the molecule is CCC(CC)N(C)CC1(CN)CCCC(C)C1. The van der Waals surface area contributed by atoms with E-state index in [2.05, 4.69) is 32.7 Å². The van der Waals surface area contributed by atoms with E-state index in [1.54, 1.807) is 0 Å². The molecule has 0 aromatic rings. The van der Waals surface area contributed by atoms with Crippen molar-refractivity contribution < 1.29 is 0 Å². The first kappa shape index (κ1) is 15.0. The topological polar surface area (TPSA) is 29.3 Å². The Hall–Kier alpha value is -0.0800. The Kier molecular flexibility index (Phi) is 5.94. The number of hydrogen-bond donors (Lipinski definition) is 1. The van der Waals surface area contributed by atoms with Gasteiger partial charge in [-0.15, -0.1) is 0 Å². The van der Waals surface area contributed by atoms with Gasteiger partial charge in [0.15, 0.2) is 0 Å². The molecular weight excluding hydrogens is 208 g/mol. The van der Waals surface area contributed by atoms with Crippen molar-refractivity contribution in [3.8, 4) is 0 Å². The molecule has 1 fully saturated rings. The van der Waals surface area contributed by atoms with Crippen LogP contribution in [0.2, 0.25) is 0 Å². The van der Waals surface area contributed by atoms with Crippen LogP contribution < -0.4 is 5.73 Å². The van der Waals surface area contributed by atoms with E-state index in [0.717, 1.165) is 18.5 Å². The molecule has 0 heterocycles. The molecule has 1 rings (SSSR count). The molecule has 1 saturated carbocycles. The van der Waals surface area contributed by atoms with E-state index in [4.69, 9.17) is 5.73 Å². The minimum Gasteiger partial charge on any atom is -0.330 e. The van der Waals surface area contributed by atoms with Gasteiger partial charge in [-0.3, -0.25) is 0 Å². The van der Waals surface area contributed by atoms with Crippen molar-refractivity contribution in [2.45, 2.75) is 65.3 Å². The summed E-state index contributed by atoms with van der Waals surface area (Å²) in [6, 6.07) is 0.732. The molecule has 0 bridgehead atoms. The first-order valence-electron chi connectivity index (χ1n) is 7.47. The van der Waals surface area contributed by atoms with Crippen molar-refractivity contribution >= 4 is 0 Å². The predicted molar refractivity (Wildman–Crippen MR) is 76.1 cm³/mol. The van der Waals surface area contributed by atoms with Crippen LogP contribution in [0.1, 0.15) is 59.3 Å². The van der Waals surface area contributed by atoms with Gasteiger partial charge >= 0.3 is 0 Å². The van der Waals surface area contributed by atoms with Gasteiger partial charge in [-0.25, -0.2) is 0 Å². The van der Waals surface area contributed by atoms with Crippen molar-refractivity contribution in [2.75, 3.05) is 20.1 Å². The fourth-order valence-electron chi connectivity index (χ4n) is 3.73. The second kappa shape index (κ2) is 6.75. The lowest BCUT2D eigenvalue weighted by Gasteiger charge is -2.43. The summed E-state index contributed by atoms with van der Waals surface area (Å²) in [7, 11) is 2.29. The van der Waals surface area contributed by atoms with Crippen LogP contribution in [0.15, 0.2) is 0 Å². The van der Waals surface area contributed by atoms with Crippen LogP contribution in [-0.2, 0) is 0 Å². The van der Waals surface area contributed by atoms with Crippen LogP contribution in [0, 0.1) is 11.3 Å². The summed E-state index contributed by atoms with van der Waals surface area (Å²) in [6.07, 6.45) is 7.93. The molecule has 2 heteroatoms. The molecule has 0 saturated heterocycles. The van der Waals surface area contributed by atoms with E-state index < -0.39 is 0 Å². The van der Waals surface area contributed by atoms with E-state index in [1.807, 2.05) is 0 Å². The fraction of sp³-hybridized carbons (Fsp3) is 1.00. The minimum atomic E-state index is 0.398. The molecule has 0 amide bonds. The van der Waals surface area contributed by atoms with Gasteiger partial charge in [-0.1, -0.05) is 33.6 Å². The van der Waals surface area contributed by atoms with Crippen molar-refractivity contribution in [3.05, 3.63) is 0 Å². The van der Waals surface area contributed by atoms with E-state index in [0.29, 0.717) is 5.41 Å². The second-order valence-corrected chi connectivity index (χ2v) is 6.29. The van der Waals surface area contributed by atoms with Crippen molar-refractivity contribution in [1.82, 2.24) is 4.90 Å². The molecule has 2 N–H and O–H groups in total. The highest BCUT2D eigenvalue weighted by Gasteiger charge is 2.35. The molecule has 0 radical (unpaired) electrons. The smallest absolute Gasteiger partial charge is 0.00872 e. The van der Waals surface area contributed by atoms with E-state index in [9.17, 15) is 0 Å². The molecule has 2 nitrogen and oxygen atoms in total. The first-order chi connectivity index (χ1) is 8.06. The standard InChI is InChI=1S/C15H32N2/c1-5-14(6-2)17(4)12-15(11-16)9-7-8-13(3)10-15/h13-14H,5-12,16H2,1-4H3. The molecule has 2 atom stereocenters. The summed E-state index contributed by atoms with van der Waals surface area (Å²) < 4.78 is 0. The zero-order chi connectivity index (χ0) is 12.9. The van der Waals surface area contributed by atoms with Gasteiger partial charge in [0.2, 0.25) is 0 Å². The normalized spacial score (nSPS) is 30.2. The Morgan fingerprint density at radius 1 is 1.35 bits per heavy atom. The third-order valence-corrected chi connectivity index (χ3v) is 4.77. The summed E-state index contributed by atoms with van der Waals surface area (Å²) in [5.41, 5.74) is 6.50. The minimum absolute atomic E-state index is 0.398. The highest BCUT2D eigenvalue weighted by molar-refractivity contribution is 4.89. The summed E-state index contributed by atoms with van der Waals surface area (Å²) in [4.78, 5) is 2.56. The fourth-order valence-corrected chi connectivity index (χ4v) is 3.73. The van der Waals surface area contributed by atoms with Gasteiger partial charge in [0.05, 0.1) is 0 Å². The number of nitrogens with two attached hydrogens (primary N) is 1. The van der Waals surface area contributed by atoms with Crippen LogP contribution in [0.5, 0.6) is 0 Å². The third-order valence-electron chi connectivity index (χ3n) is 4.77. The second-order valence-electron chi connectivity index (χ2n) is 6.29. The molecule has 102 valence electrons. The molecule has 0 aliphatic heterocycles. The lowest BCUT2D eigenvalue weighted by molar-refractivity contribution is 0.0778. The quantitative estimate of drug-likeness (QED) is 0.772. The van der Waals surface area contributed by atoms with Gasteiger partial charge in [0.25, 0.3) is 0 Å². The zero-order valence-electron chi connectivity index (χ0n) is 12.3. The average Bonchev–Trinajstić information content (AvgIpc) is 2.30. The molecule has 1 aliphatic rings. The maximum Gasteiger partial charge on any atom is 0.00872 e. The average molecular weight is 240 g/mol. The lowest BCUT2D eigenvalue weighted by Crippen LogP contribution is -2.46. The number of hydrogen-bond acceptors (Lipinski definition) is 2. The van der Waals surface area contributed by atoms with Crippen LogP contribution in [0.4, 0.5) is 0 Å². The predicted octanol–water partition coefficient (Wildman–Crippen LogP) is 3.26. The highest BCUT2D eigenvalue weighted by Crippen LogP contribution is 2.39. The van der Waals surface area contributed by atoms with E-state index in [-0.39, 0.29) is 0 Å². The van der Waals surface area contributed by atoms with Crippen LogP contribution in [0.25, 0.3) is 0 Å². The third kappa shape index (κ3) is 3.96. The molecule has 17 heavy (non-hydrogen) atoms. The van der Waals surface area contributed by atoms with Crippen LogP contribution in [-0.4, -0.2) is 31.1 Å². The summed E-state index contributed by atoms with van der Waals surface area (Å²) in [5, 5.41) is 0. The molecule has 0 spiro atoms. The summed E-state index contributed by atoms with van der Waals surface area (Å²) >= 11 is 0. The summed E-state index contributed by atoms with van der Waals surface area (Å²) in [5.74, 6) is 0.863. The Labute approximate surface area is 108 Å². The first-order valence-corrected chi connectivity index (χ1v) is 7.47. The van der Waals surface area contributed by atoms with Crippen molar-refractivity contribution in [1.29, 1.82) is 0 Å². The Morgan fingerprint density at radius 2 is 2.00 bits per heavy atom. The number of nitrogens with zero attached hydrogens (tertiary/aromatic N) is 1. The molecule has 0 aromatic carbocycles. The largest absolute Gasteiger partial charge is 0.330 e. The molecule has 1 aliphatic carbocycles. The van der Waals surface area contributed by atoms with Gasteiger partial charge in [-0.05, 0) is 50.6 Å². The molecule has 2 unspecified atom stereocenters. The molecule has 0 aromatic heterocycles. The van der Waals surface area contributed by atoms with Crippen molar-refractivity contribution in [2.24, 2.45) is 17.1 Å². The Morgan fingerprint density at radius 3 is 2.47 bits per heavy atom. The van der Waals surface area contributed by atoms with Crippen molar-refractivity contribution in [3.63, 3.8) is 0 Å². The maximum atomic E-state index is 6.11. The molecular formula is C15H32N2. The monoisotopic (exact) mass is 240 g/mol. The number of rotatable bonds is 6. The van der Waals surface area contributed by atoms with Gasteiger partial charge < -0.3 is 10.6 Å². The van der Waals surface area contributed by atoms with Gasteiger partial charge in [0.1, 0.15) is 0 Å². The lowest BCUT2D eigenvalue weighted by atomic mass is 9.69. The summed E-state index contributed by atoms with van der Waals surface area (Å²) in [6.45, 7) is 9.04. The highest BCUT2D eigenvalue weighted by atomic mass is 15.1. The van der Waals surface area contributed by atoms with Crippen LogP contribution in [0.3, 0.4) is 0 Å². The Bertz CT molecular complexity index is 213. The van der Waals surface area contributed by atoms with Crippen LogP contribution >= 0.6 is 0 Å². The van der Waals surface area contributed by atoms with Gasteiger partial charge in [-0.2, -0.15) is 0 Å². The van der Waals surface area contributed by atoms with E-state index in [1.165, 1.54) is 45.1 Å².